The van der Waals surface area contributed by atoms with Gasteiger partial charge < -0.3 is 25.7 Å². The van der Waals surface area contributed by atoms with Crippen LogP contribution in [0.3, 0.4) is 0 Å². The second kappa shape index (κ2) is 12.6. The molecule has 0 bridgehead atoms. The minimum absolute atomic E-state index is 0.0842. The number of terminal acetylenes is 1. The molecule has 0 saturated heterocycles. The Hall–Kier alpha value is -2.51. The summed E-state index contributed by atoms with van der Waals surface area (Å²) in [7, 11) is 0. The molecule has 0 aromatic carbocycles. The standard InChI is InChI=1S/C32H47N3O6S/c1-6-32(40)14-11-25-23-8-7-20-15-21(9-12-30(20,4)24(23)10-13-31(25,32)5)35-41-17-26(36)34-28(19(2)3)29(39)33-22(18-42)16-27(37)38/h1,15,19,22-25,28,40,42H,7-14,16-18H2,2-5H3,(H,33,39)(H,34,36)(H,37,38)/b35-21+/t22-,23-,24-,25-,28-,30+,31+,32-/m1/s1. The number of amides is 2. The minimum Gasteiger partial charge on any atom is -0.481 e. The SMILES string of the molecule is C#C[C@@]1(O)CC[C@@H]2[C@@H]3CCC4=C/C(=N/OCC(=O)N[C@@H](C(=O)N[C@@H](CS)CC(=O)O)C(C)C)CC[C@]4(C)[C@@H]3CC[C@@]21C. The van der Waals surface area contributed by atoms with Crippen molar-refractivity contribution in [2.45, 2.75) is 103 Å². The van der Waals surface area contributed by atoms with Crippen LogP contribution >= 0.6 is 12.6 Å². The molecule has 2 amide bonds. The fourth-order valence-electron chi connectivity index (χ4n) is 8.48. The first kappa shape index (κ1) is 32.4. The third kappa shape index (κ3) is 6.10. The number of carboxylic acid groups (broad SMARTS) is 1. The summed E-state index contributed by atoms with van der Waals surface area (Å²) in [5.74, 6) is 2.30. The molecule has 4 N–H and O–H groups in total. The molecule has 8 atom stereocenters. The lowest BCUT2D eigenvalue weighted by atomic mass is 9.46. The van der Waals surface area contributed by atoms with Gasteiger partial charge in [0.15, 0.2) is 6.61 Å². The first-order chi connectivity index (χ1) is 19.8. The van der Waals surface area contributed by atoms with Crippen molar-refractivity contribution in [2.24, 2.45) is 39.7 Å². The molecule has 3 fully saturated rings. The molecule has 3 saturated carbocycles. The maximum absolute atomic E-state index is 12.7. The summed E-state index contributed by atoms with van der Waals surface area (Å²) in [6.45, 7) is 7.87. The van der Waals surface area contributed by atoms with Crippen LogP contribution < -0.4 is 10.6 Å². The average molecular weight is 602 g/mol. The summed E-state index contributed by atoms with van der Waals surface area (Å²) in [6, 6.07) is -1.48. The Kier molecular flexibility index (Phi) is 9.73. The number of rotatable bonds is 10. The van der Waals surface area contributed by atoms with Gasteiger partial charge in [0.05, 0.1) is 12.1 Å². The number of oxime groups is 1. The Balaban J connectivity index is 1.35. The van der Waals surface area contributed by atoms with Gasteiger partial charge in [0.1, 0.15) is 11.6 Å². The lowest BCUT2D eigenvalue weighted by Gasteiger charge is -2.58. The molecule has 0 radical (unpaired) electrons. The van der Waals surface area contributed by atoms with Gasteiger partial charge in [-0.25, -0.2) is 0 Å². The highest BCUT2D eigenvalue weighted by molar-refractivity contribution is 7.80. The fraction of sp³-hybridized carbons (Fsp3) is 0.750. The molecule has 0 unspecified atom stereocenters. The van der Waals surface area contributed by atoms with Gasteiger partial charge in [-0.05, 0) is 86.5 Å². The van der Waals surface area contributed by atoms with Crippen molar-refractivity contribution in [1.82, 2.24) is 10.6 Å². The second-order valence-corrected chi connectivity index (χ2v) is 14.0. The molecular weight excluding hydrogens is 554 g/mol. The topological polar surface area (TPSA) is 137 Å². The quantitative estimate of drug-likeness (QED) is 0.147. The van der Waals surface area contributed by atoms with Crippen LogP contribution in [-0.2, 0) is 19.2 Å². The Morgan fingerprint density at radius 2 is 1.86 bits per heavy atom. The van der Waals surface area contributed by atoms with Gasteiger partial charge in [-0.2, -0.15) is 12.6 Å². The summed E-state index contributed by atoms with van der Waals surface area (Å²) in [5, 5.41) is 29.9. The molecule has 0 aromatic rings. The maximum Gasteiger partial charge on any atom is 0.305 e. The van der Waals surface area contributed by atoms with E-state index in [1.165, 1.54) is 5.57 Å². The van der Waals surface area contributed by atoms with E-state index in [1.54, 1.807) is 13.8 Å². The van der Waals surface area contributed by atoms with Gasteiger partial charge in [0.25, 0.3) is 5.91 Å². The number of nitrogens with zero attached hydrogens (tertiary/aromatic N) is 1. The van der Waals surface area contributed by atoms with Crippen LogP contribution in [0.5, 0.6) is 0 Å². The number of aliphatic hydroxyl groups is 1. The Morgan fingerprint density at radius 1 is 1.14 bits per heavy atom. The lowest BCUT2D eigenvalue weighted by Crippen LogP contribution is -2.54. The van der Waals surface area contributed by atoms with Crippen LogP contribution in [0.2, 0.25) is 0 Å². The number of carboxylic acids is 1. The first-order valence-corrected chi connectivity index (χ1v) is 15.9. The van der Waals surface area contributed by atoms with E-state index >= 15 is 0 Å². The summed E-state index contributed by atoms with van der Waals surface area (Å²) >= 11 is 4.11. The number of fused-ring (bicyclic) bond motifs is 5. The Bertz CT molecular complexity index is 1180. The van der Waals surface area contributed by atoms with Crippen LogP contribution in [0.25, 0.3) is 0 Å². The van der Waals surface area contributed by atoms with E-state index in [-0.39, 0.29) is 35.5 Å². The third-order valence-electron chi connectivity index (χ3n) is 11.0. The van der Waals surface area contributed by atoms with E-state index < -0.39 is 35.5 Å². The Labute approximate surface area is 255 Å². The van der Waals surface area contributed by atoms with E-state index in [2.05, 4.69) is 54.3 Å². The molecule has 232 valence electrons. The maximum atomic E-state index is 12.7. The lowest BCUT2D eigenvalue weighted by molar-refractivity contribution is -0.138. The number of carbonyl (C=O) groups excluding carboxylic acids is 2. The number of carbonyl (C=O) groups is 3. The fourth-order valence-corrected chi connectivity index (χ4v) is 8.70. The third-order valence-corrected chi connectivity index (χ3v) is 11.4. The first-order valence-electron chi connectivity index (χ1n) is 15.3. The van der Waals surface area contributed by atoms with Gasteiger partial charge in [-0.15, -0.1) is 6.42 Å². The van der Waals surface area contributed by atoms with E-state index in [4.69, 9.17) is 16.4 Å². The van der Waals surface area contributed by atoms with E-state index in [9.17, 15) is 19.5 Å². The molecule has 42 heavy (non-hydrogen) atoms. The molecule has 4 aliphatic carbocycles. The molecule has 0 aromatic heterocycles. The molecule has 4 rings (SSSR count). The number of hydrogen-bond donors (Lipinski definition) is 5. The van der Waals surface area contributed by atoms with Crippen LogP contribution in [0.15, 0.2) is 16.8 Å². The van der Waals surface area contributed by atoms with Crippen molar-refractivity contribution in [3.05, 3.63) is 11.6 Å². The van der Waals surface area contributed by atoms with Crippen LogP contribution in [-0.4, -0.2) is 63.8 Å². The zero-order valence-corrected chi connectivity index (χ0v) is 26.2. The monoisotopic (exact) mass is 601 g/mol. The highest BCUT2D eigenvalue weighted by Crippen LogP contribution is 2.67. The van der Waals surface area contributed by atoms with Crippen molar-refractivity contribution in [3.63, 3.8) is 0 Å². The highest BCUT2D eigenvalue weighted by Gasteiger charge is 2.63. The van der Waals surface area contributed by atoms with Crippen LogP contribution in [0.1, 0.15) is 85.5 Å². The molecule has 0 spiro atoms. The molecule has 0 aliphatic heterocycles. The number of hydrogen-bond acceptors (Lipinski definition) is 7. The Morgan fingerprint density at radius 3 is 2.50 bits per heavy atom. The second-order valence-electron chi connectivity index (χ2n) is 13.6. The van der Waals surface area contributed by atoms with Crippen LogP contribution in [0.4, 0.5) is 0 Å². The molecule has 4 aliphatic rings. The summed E-state index contributed by atoms with van der Waals surface area (Å²) < 4.78 is 0. The van der Waals surface area contributed by atoms with Gasteiger partial charge >= 0.3 is 5.97 Å². The highest BCUT2D eigenvalue weighted by atomic mass is 32.1. The molecule has 9 nitrogen and oxygen atoms in total. The summed E-state index contributed by atoms with van der Waals surface area (Å²) in [6.07, 6.45) is 15.2. The van der Waals surface area contributed by atoms with Gasteiger partial charge in [-0.1, -0.05) is 44.3 Å². The van der Waals surface area contributed by atoms with Crippen molar-refractivity contribution in [1.29, 1.82) is 0 Å². The van der Waals surface area contributed by atoms with Gasteiger partial charge in [-0.3, -0.25) is 14.4 Å². The minimum atomic E-state index is -1.04. The average Bonchev–Trinajstić information content (AvgIpc) is 3.21. The number of nitrogens with one attached hydrogen (secondary N) is 2. The van der Waals surface area contributed by atoms with E-state index in [1.807, 2.05) is 0 Å². The van der Waals surface area contributed by atoms with Crippen LogP contribution in [0, 0.1) is 46.8 Å². The normalized spacial score (nSPS) is 36.0. The van der Waals surface area contributed by atoms with Crippen molar-refractivity contribution in [3.8, 4) is 12.3 Å². The summed E-state index contributed by atoms with van der Waals surface area (Å²) in [4.78, 5) is 41.8. The largest absolute Gasteiger partial charge is 0.481 e. The van der Waals surface area contributed by atoms with Crippen molar-refractivity contribution >= 4 is 36.1 Å². The predicted molar refractivity (Wildman–Crippen MR) is 164 cm³/mol. The zero-order chi connectivity index (χ0) is 30.9. The summed E-state index contributed by atoms with van der Waals surface area (Å²) in [5.41, 5.74) is 1.09. The van der Waals surface area contributed by atoms with Crippen molar-refractivity contribution < 1.29 is 29.4 Å². The number of allylic oxidation sites excluding steroid dienone is 2. The molecule has 10 heteroatoms. The smallest absolute Gasteiger partial charge is 0.305 e. The van der Waals surface area contributed by atoms with Crippen molar-refractivity contribution in [2.75, 3.05) is 12.4 Å². The van der Waals surface area contributed by atoms with Gasteiger partial charge in [0, 0.05) is 17.2 Å². The number of aliphatic carboxylic acids is 1. The predicted octanol–water partition coefficient (Wildman–Crippen LogP) is 3.72. The zero-order valence-electron chi connectivity index (χ0n) is 25.3. The van der Waals surface area contributed by atoms with Gasteiger partial charge in [0.2, 0.25) is 5.91 Å². The van der Waals surface area contributed by atoms with E-state index in [0.29, 0.717) is 24.2 Å². The number of thiol groups is 1. The van der Waals surface area contributed by atoms with E-state index in [0.717, 1.165) is 50.7 Å². The molecule has 0 heterocycles. The molecular formula is C32H47N3O6S.